The predicted molar refractivity (Wildman–Crippen MR) is 80.1 cm³/mol. The lowest BCUT2D eigenvalue weighted by molar-refractivity contribution is -0.0461. The van der Waals surface area contributed by atoms with Gasteiger partial charge >= 0.3 is 0 Å². The molecule has 0 aliphatic carbocycles. The van der Waals surface area contributed by atoms with Crippen LogP contribution in [0.15, 0.2) is 12.1 Å². The molecule has 2 saturated heterocycles. The van der Waals surface area contributed by atoms with Crippen molar-refractivity contribution in [1.82, 2.24) is 15.2 Å². The first-order valence-corrected chi connectivity index (χ1v) is 7.50. The largest absolute Gasteiger partial charge is 0.384 e. The Morgan fingerprint density at radius 1 is 1.57 bits per heavy atom. The fourth-order valence-electron chi connectivity index (χ4n) is 3.14. The number of carbonyl (C=O) groups excluding carboxylic acids is 1. The van der Waals surface area contributed by atoms with E-state index in [0.717, 1.165) is 25.4 Å². The molecule has 21 heavy (non-hydrogen) atoms. The molecule has 2 unspecified atom stereocenters. The third kappa shape index (κ3) is 3.33. The number of aromatic nitrogens is 1. The highest BCUT2D eigenvalue weighted by atomic mass is 16.5. The average molecular weight is 290 g/mol. The molecule has 2 fully saturated rings. The van der Waals surface area contributed by atoms with Crippen molar-refractivity contribution in [2.24, 2.45) is 0 Å². The van der Waals surface area contributed by atoms with E-state index in [0.29, 0.717) is 24.0 Å². The Balaban J connectivity index is 1.53. The third-order valence-electron chi connectivity index (χ3n) is 4.19. The molecule has 1 aromatic rings. The first-order chi connectivity index (χ1) is 10.1. The van der Waals surface area contributed by atoms with Crippen molar-refractivity contribution in [2.45, 2.75) is 31.9 Å². The second-order valence-electron chi connectivity index (χ2n) is 5.88. The maximum Gasteiger partial charge on any atom is 0.251 e. The second kappa shape index (κ2) is 5.99. The zero-order valence-electron chi connectivity index (χ0n) is 12.3. The van der Waals surface area contributed by atoms with E-state index in [4.69, 9.17) is 10.5 Å². The molecule has 0 saturated carbocycles. The van der Waals surface area contributed by atoms with Crippen molar-refractivity contribution in [3.05, 3.63) is 23.4 Å². The number of aryl methyl sites for hydroxylation is 1. The van der Waals surface area contributed by atoms with Gasteiger partial charge in [0.1, 0.15) is 5.82 Å². The summed E-state index contributed by atoms with van der Waals surface area (Å²) in [6, 6.07) is 3.92. The summed E-state index contributed by atoms with van der Waals surface area (Å²) in [6.07, 6.45) is 2.56. The zero-order chi connectivity index (χ0) is 14.8. The van der Waals surface area contributed by atoms with Gasteiger partial charge in [-0.1, -0.05) is 0 Å². The maximum absolute atomic E-state index is 12.2. The molecule has 3 heterocycles. The lowest BCUT2D eigenvalue weighted by atomic mass is 10.1. The van der Waals surface area contributed by atoms with E-state index in [1.807, 2.05) is 6.92 Å². The van der Waals surface area contributed by atoms with Crippen molar-refractivity contribution in [3.63, 3.8) is 0 Å². The first kappa shape index (κ1) is 14.3. The molecule has 1 aromatic heterocycles. The molecule has 6 heteroatoms. The predicted octanol–water partition coefficient (Wildman–Crippen LogP) is 0.565. The molecular formula is C15H22N4O2. The smallest absolute Gasteiger partial charge is 0.251 e. The monoisotopic (exact) mass is 290 g/mol. The average Bonchev–Trinajstić information content (AvgIpc) is 2.91. The van der Waals surface area contributed by atoms with Gasteiger partial charge in [-0.05, 0) is 38.4 Å². The van der Waals surface area contributed by atoms with Gasteiger partial charge in [0.15, 0.2) is 0 Å². The van der Waals surface area contributed by atoms with E-state index in [-0.39, 0.29) is 12.0 Å². The molecule has 6 nitrogen and oxygen atoms in total. The molecule has 3 N–H and O–H groups in total. The Labute approximate surface area is 124 Å². The van der Waals surface area contributed by atoms with E-state index in [9.17, 15) is 4.79 Å². The van der Waals surface area contributed by atoms with Gasteiger partial charge in [0.05, 0.1) is 12.7 Å². The van der Waals surface area contributed by atoms with Crippen molar-refractivity contribution in [3.8, 4) is 0 Å². The number of nitrogen functional groups attached to an aromatic ring is 1. The fraction of sp³-hybridized carbons (Fsp3) is 0.600. The lowest BCUT2D eigenvalue weighted by Gasteiger charge is -2.35. The van der Waals surface area contributed by atoms with Crippen LogP contribution in [0.4, 0.5) is 5.82 Å². The van der Waals surface area contributed by atoms with Crippen LogP contribution in [0.1, 0.15) is 28.9 Å². The number of hydrogen-bond donors (Lipinski definition) is 2. The summed E-state index contributed by atoms with van der Waals surface area (Å²) in [4.78, 5) is 18.7. The van der Waals surface area contributed by atoms with Gasteiger partial charge in [0.2, 0.25) is 0 Å². The number of nitrogens with zero attached hydrogens (tertiary/aromatic N) is 2. The van der Waals surface area contributed by atoms with E-state index in [2.05, 4.69) is 15.2 Å². The number of nitrogens with two attached hydrogens (primary N) is 1. The minimum Gasteiger partial charge on any atom is -0.384 e. The summed E-state index contributed by atoms with van der Waals surface area (Å²) in [7, 11) is 0. The molecule has 2 atom stereocenters. The Morgan fingerprint density at radius 3 is 3.24 bits per heavy atom. The Bertz CT molecular complexity index is 514. The van der Waals surface area contributed by atoms with Crippen molar-refractivity contribution in [1.29, 1.82) is 0 Å². The molecule has 1 amide bonds. The Morgan fingerprint density at radius 2 is 2.43 bits per heavy atom. The number of hydrogen-bond acceptors (Lipinski definition) is 5. The molecule has 0 aromatic carbocycles. The van der Waals surface area contributed by atoms with Crippen molar-refractivity contribution >= 4 is 11.7 Å². The van der Waals surface area contributed by atoms with E-state index in [1.165, 1.54) is 12.8 Å². The van der Waals surface area contributed by atoms with Crippen LogP contribution in [-0.2, 0) is 4.74 Å². The summed E-state index contributed by atoms with van der Waals surface area (Å²) in [5, 5.41) is 2.93. The number of carbonyl (C=O) groups is 1. The lowest BCUT2D eigenvalue weighted by Crippen LogP contribution is -2.50. The Hall–Kier alpha value is -1.66. The van der Waals surface area contributed by atoms with Crippen LogP contribution < -0.4 is 11.1 Å². The highest BCUT2D eigenvalue weighted by Gasteiger charge is 2.32. The minimum atomic E-state index is -0.126. The Kier molecular flexibility index (Phi) is 4.07. The van der Waals surface area contributed by atoms with Crippen LogP contribution in [0.3, 0.4) is 0 Å². The SMILES string of the molecule is Cc1cc(C(=O)NCC2CN3CCCC3CO2)cc(N)n1. The summed E-state index contributed by atoms with van der Waals surface area (Å²) in [5.74, 6) is 0.244. The third-order valence-corrected chi connectivity index (χ3v) is 4.19. The van der Waals surface area contributed by atoms with Gasteiger partial charge in [-0.2, -0.15) is 0 Å². The van der Waals surface area contributed by atoms with Crippen LogP contribution in [0, 0.1) is 6.92 Å². The molecule has 0 bridgehead atoms. The normalized spacial score (nSPS) is 25.6. The van der Waals surface area contributed by atoms with E-state index >= 15 is 0 Å². The number of morpholine rings is 1. The first-order valence-electron chi connectivity index (χ1n) is 7.50. The van der Waals surface area contributed by atoms with Crippen molar-refractivity contribution < 1.29 is 9.53 Å². The highest BCUT2D eigenvalue weighted by Crippen LogP contribution is 2.22. The summed E-state index contributed by atoms with van der Waals surface area (Å²) >= 11 is 0. The number of amides is 1. The zero-order valence-corrected chi connectivity index (χ0v) is 12.3. The van der Waals surface area contributed by atoms with Crippen LogP contribution in [0.25, 0.3) is 0 Å². The van der Waals surface area contributed by atoms with Gasteiger partial charge in [-0.25, -0.2) is 4.98 Å². The van der Waals surface area contributed by atoms with Gasteiger partial charge in [-0.3, -0.25) is 9.69 Å². The maximum atomic E-state index is 12.2. The van der Waals surface area contributed by atoms with E-state index < -0.39 is 0 Å². The summed E-state index contributed by atoms with van der Waals surface area (Å²) in [5.41, 5.74) is 6.97. The highest BCUT2D eigenvalue weighted by molar-refractivity contribution is 5.94. The molecule has 3 rings (SSSR count). The van der Waals surface area contributed by atoms with Crippen LogP contribution >= 0.6 is 0 Å². The fourth-order valence-corrected chi connectivity index (χ4v) is 3.14. The quantitative estimate of drug-likeness (QED) is 0.850. The topological polar surface area (TPSA) is 80.5 Å². The molecular weight excluding hydrogens is 268 g/mol. The number of nitrogens with one attached hydrogen (secondary N) is 1. The number of rotatable bonds is 3. The van der Waals surface area contributed by atoms with Crippen LogP contribution in [0.2, 0.25) is 0 Å². The molecule has 2 aliphatic heterocycles. The standard InChI is InChI=1S/C15H22N4O2/c1-10-5-11(6-14(16)18-10)15(20)17-7-13-8-19-4-2-3-12(19)9-21-13/h5-6,12-13H,2-4,7-9H2,1H3,(H2,16,18)(H,17,20). The molecule has 0 spiro atoms. The number of ether oxygens (including phenoxy) is 1. The summed E-state index contributed by atoms with van der Waals surface area (Å²) < 4.78 is 5.83. The van der Waals surface area contributed by atoms with Gasteiger partial charge in [0.25, 0.3) is 5.91 Å². The van der Waals surface area contributed by atoms with Crippen LogP contribution in [0.5, 0.6) is 0 Å². The number of fused-ring (bicyclic) bond motifs is 1. The van der Waals surface area contributed by atoms with Gasteiger partial charge in [0, 0.05) is 30.4 Å². The van der Waals surface area contributed by atoms with Gasteiger partial charge < -0.3 is 15.8 Å². The van der Waals surface area contributed by atoms with E-state index in [1.54, 1.807) is 12.1 Å². The van der Waals surface area contributed by atoms with Gasteiger partial charge in [-0.15, -0.1) is 0 Å². The number of pyridine rings is 1. The summed E-state index contributed by atoms with van der Waals surface area (Å²) in [6.45, 7) is 5.19. The minimum absolute atomic E-state index is 0.0728. The van der Waals surface area contributed by atoms with Crippen molar-refractivity contribution in [2.75, 3.05) is 32.0 Å². The number of anilines is 1. The second-order valence-corrected chi connectivity index (χ2v) is 5.88. The van der Waals surface area contributed by atoms with Crippen LogP contribution in [-0.4, -0.2) is 54.2 Å². The molecule has 0 radical (unpaired) electrons. The molecule has 2 aliphatic rings. The molecule has 114 valence electrons.